The Hall–Kier alpha value is -4.38. The molecule has 4 rings (SSSR count). The summed E-state index contributed by atoms with van der Waals surface area (Å²) >= 11 is 0. The van der Waals surface area contributed by atoms with E-state index in [0.29, 0.717) is 24.2 Å². The van der Waals surface area contributed by atoms with E-state index in [2.05, 4.69) is 0 Å². The molecule has 0 saturated carbocycles. The van der Waals surface area contributed by atoms with Gasteiger partial charge in [-0.3, -0.25) is 0 Å². The molecule has 0 N–H and O–H groups in total. The van der Waals surface area contributed by atoms with E-state index in [9.17, 15) is 9.59 Å². The molecular weight excluding hydrogens is 452 g/mol. The van der Waals surface area contributed by atoms with Gasteiger partial charge in [0, 0.05) is 6.42 Å². The van der Waals surface area contributed by atoms with E-state index in [4.69, 9.17) is 14.2 Å². The number of hydrogen-bond donors (Lipinski definition) is 0. The van der Waals surface area contributed by atoms with Gasteiger partial charge in [-0.2, -0.15) is 0 Å². The fourth-order valence-corrected chi connectivity index (χ4v) is 3.68. The van der Waals surface area contributed by atoms with E-state index in [1.807, 2.05) is 91.9 Å². The van der Waals surface area contributed by atoms with E-state index < -0.39 is 18.0 Å². The molecule has 4 aromatic rings. The van der Waals surface area contributed by atoms with Crippen LogP contribution in [0.1, 0.15) is 29.3 Å². The van der Waals surface area contributed by atoms with Crippen molar-refractivity contribution in [1.29, 1.82) is 0 Å². The topological polar surface area (TPSA) is 61.8 Å². The summed E-state index contributed by atoms with van der Waals surface area (Å²) in [7, 11) is 0. The highest BCUT2D eigenvalue weighted by Gasteiger charge is 2.21. The van der Waals surface area contributed by atoms with Crippen LogP contribution in [0.3, 0.4) is 0 Å². The molecule has 0 amide bonds. The van der Waals surface area contributed by atoms with Crippen molar-refractivity contribution in [2.24, 2.45) is 0 Å². The predicted octanol–water partition coefficient (Wildman–Crippen LogP) is 6.52. The molecule has 4 aromatic carbocycles. The quantitative estimate of drug-likeness (QED) is 0.191. The van der Waals surface area contributed by atoms with Crippen LogP contribution in [0.4, 0.5) is 0 Å². The number of esters is 2. The van der Waals surface area contributed by atoms with Crippen LogP contribution in [-0.4, -0.2) is 24.6 Å². The minimum absolute atomic E-state index is 0.263. The zero-order valence-corrected chi connectivity index (χ0v) is 20.1. The van der Waals surface area contributed by atoms with Crippen LogP contribution in [0.2, 0.25) is 0 Å². The van der Waals surface area contributed by atoms with E-state index in [1.54, 1.807) is 18.2 Å². The van der Waals surface area contributed by atoms with Crippen LogP contribution in [0.25, 0.3) is 11.1 Å². The van der Waals surface area contributed by atoms with Crippen molar-refractivity contribution >= 4 is 11.9 Å². The van der Waals surface area contributed by atoms with Crippen molar-refractivity contribution in [3.8, 4) is 22.6 Å². The van der Waals surface area contributed by atoms with Crippen LogP contribution in [-0.2, 0) is 16.0 Å². The maximum atomic E-state index is 12.8. The number of rotatable bonds is 10. The highest BCUT2D eigenvalue weighted by atomic mass is 16.6. The zero-order valence-electron chi connectivity index (χ0n) is 20.1. The molecule has 0 radical (unpaired) electrons. The van der Waals surface area contributed by atoms with Gasteiger partial charge in [0.2, 0.25) is 0 Å². The lowest BCUT2D eigenvalue weighted by atomic mass is 10.1. The minimum Gasteiger partial charge on any atom is -0.479 e. The molecule has 0 fully saturated rings. The molecule has 0 aliphatic rings. The third-order valence-corrected chi connectivity index (χ3v) is 5.63. The maximum absolute atomic E-state index is 12.8. The highest BCUT2D eigenvalue weighted by molar-refractivity contribution is 5.90. The monoisotopic (exact) mass is 480 g/mol. The lowest BCUT2D eigenvalue weighted by Crippen LogP contribution is -2.30. The number of carbonyl (C=O) groups is 2. The van der Waals surface area contributed by atoms with Crippen molar-refractivity contribution in [3.63, 3.8) is 0 Å². The van der Waals surface area contributed by atoms with Crippen molar-refractivity contribution in [2.45, 2.75) is 25.9 Å². The van der Waals surface area contributed by atoms with Crippen LogP contribution in [0, 0.1) is 0 Å². The number of carbonyl (C=O) groups excluding carboxylic acids is 2. The SMILES string of the molecule is CCC(Oc1ccc(-c2ccccc2)cc1)C(=O)Oc1cccc(C(=O)OCCc2ccccc2)c1. The van der Waals surface area contributed by atoms with Crippen molar-refractivity contribution < 1.29 is 23.8 Å². The van der Waals surface area contributed by atoms with Gasteiger partial charge in [-0.05, 0) is 53.4 Å². The number of benzene rings is 4. The average molecular weight is 481 g/mol. The first-order chi connectivity index (χ1) is 17.6. The number of hydrogen-bond acceptors (Lipinski definition) is 5. The molecule has 0 aromatic heterocycles. The zero-order chi connectivity index (χ0) is 25.2. The highest BCUT2D eigenvalue weighted by Crippen LogP contribution is 2.24. The van der Waals surface area contributed by atoms with Crippen LogP contribution >= 0.6 is 0 Å². The first-order valence-corrected chi connectivity index (χ1v) is 12.0. The van der Waals surface area contributed by atoms with Gasteiger partial charge < -0.3 is 14.2 Å². The van der Waals surface area contributed by atoms with Gasteiger partial charge in [0.15, 0.2) is 6.10 Å². The Morgan fingerprint density at radius 3 is 2.08 bits per heavy atom. The molecule has 1 unspecified atom stereocenters. The summed E-state index contributed by atoms with van der Waals surface area (Å²) in [6.07, 6.45) is 0.276. The molecule has 0 aliphatic carbocycles. The molecule has 0 aliphatic heterocycles. The molecule has 0 saturated heterocycles. The van der Waals surface area contributed by atoms with Gasteiger partial charge >= 0.3 is 11.9 Å². The first-order valence-electron chi connectivity index (χ1n) is 12.0. The molecule has 5 nitrogen and oxygen atoms in total. The molecule has 182 valence electrons. The van der Waals surface area contributed by atoms with E-state index in [-0.39, 0.29) is 12.4 Å². The predicted molar refractivity (Wildman–Crippen MR) is 139 cm³/mol. The first kappa shape index (κ1) is 24.7. The minimum atomic E-state index is -0.783. The third-order valence-electron chi connectivity index (χ3n) is 5.63. The van der Waals surface area contributed by atoms with Crippen molar-refractivity contribution in [3.05, 3.63) is 120 Å². The third kappa shape index (κ3) is 6.83. The van der Waals surface area contributed by atoms with Gasteiger partial charge in [-0.25, -0.2) is 9.59 Å². The van der Waals surface area contributed by atoms with Crippen molar-refractivity contribution in [2.75, 3.05) is 6.61 Å². The fraction of sp³-hybridized carbons (Fsp3) is 0.161. The Balaban J connectivity index is 1.32. The van der Waals surface area contributed by atoms with E-state index in [1.165, 1.54) is 6.07 Å². The molecule has 36 heavy (non-hydrogen) atoms. The van der Waals surface area contributed by atoms with Crippen LogP contribution in [0.5, 0.6) is 11.5 Å². The molecule has 0 heterocycles. The second-order valence-electron chi connectivity index (χ2n) is 8.23. The maximum Gasteiger partial charge on any atom is 0.352 e. The Labute approximate surface area is 211 Å². The Bertz CT molecular complexity index is 1270. The van der Waals surface area contributed by atoms with Crippen molar-refractivity contribution in [1.82, 2.24) is 0 Å². The summed E-state index contributed by atoms with van der Waals surface area (Å²) in [5.41, 5.74) is 3.58. The molecule has 0 spiro atoms. The average Bonchev–Trinajstić information content (AvgIpc) is 2.93. The number of ether oxygens (including phenoxy) is 3. The van der Waals surface area contributed by atoms with E-state index in [0.717, 1.165) is 16.7 Å². The van der Waals surface area contributed by atoms with Gasteiger partial charge in [0.05, 0.1) is 12.2 Å². The lowest BCUT2D eigenvalue weighted by Gasteiger charge is -2.17. The Morgan fingerprint density at radius 1 is 0.722 bits per heavy atom. The molecule has 5 heteroatoms. The molecular formula is C31H28O5. The molecule has 1 atom stereocenters. The second-order valence-corrected chi connectivity index (χ2v) is 8.23. The fourth-order valence-electron chi connectivity index (χ4n) is 3.68. The summed E-state index contributed by atoms with van der Waals surface area (Å²) in [4.78, 5) is 25.2. The summed E-state index contributed by atoms with van der Waals surface area (Å²) in [6.45, 7) is 2.12. The van der Waals surface area contributed by atoms with Gasteiger partial charge in [0.1, 0.15) is 11.5 Å². The summed E-state index contributed by atoms with van der Waals surface area (Å²) in [5.74, 6) is -0.155. The van der Waals surface area contributed by atoms with Crippen LogP contribution in [0.15, 0.2) is 109 Å². The normalized spacial score (nSPS) is 11.4. The lowest BCUT2D eigenvalue weighted by molar-refractivity contribution is -0.142. The standard InChI is InChI=1S/C31H28O5/c1-2-29(35-27-18-16-25(17-19-27)24-12-7-4-8-13-24)31(33)36-28-15-9-14-26(22-28)30(32)34-21-20-23-10-5-3-6-11-23/h3-19,22,29H,2,20-21H2,1H3. The summed E-state index contributed by atoms with van der Waals surface area (Å²) in [5, 5.41) is 0. The van der Waals surface area contributed by atoms with Gasteiger partial charge in [0.25, 0.3) is 0 Å². The van der Waals surface area contributed by atoms with Gasteiger partial charge in [-0.15, -0.1) is 0 Å². The summed E-state index contributed by atoms with van der Waals surface area (Å²) in [6, 6.07) is 33.8. The second kappa shape index (κ2) is 12.4. The molecule has 0 bridgehead atoms. The van der Waals surface area contributed by atoms with E-state index >= 15 is 0 Å². The Morgan fingerprint density at radius 2 is 1.39 bits per heavy atom. The smallest absolute Gasteiger partial charge is 0.352 e. The summed E-state index contributed by atoms with van der Waals surface area (Å²) < 4.78 is 16.8. The van der Waals surface area contributed by atoms with Crippen LogP contribution < -0.4 is 9.47 Å². The Kier molecular flexibility index (Phi) is 8.49. The largest absolute Gasteiger partial charge is 0.479 e. The van der Waals surface area contributed by atoms with Gasteiger partial charge in [-0.1, -0.05) is 85.8 Å².